The highest BCUT2D eigenvalue weighted by atomic mass is 32.1. The molecular weight excluding hydrogens is 270 g/mol. The van der Waals surface area contributed by atoms with Gasteiger partial charge in [-0.05, 0) is 25.5 Å². The smallest absolute Gasteiger partial charge is 0.144 e. The molecule has 1 aromatic heterocycles. The first-order chi connectivity index (χ1) is 9.70. The summed E-state index contributed by atoms with van der Waals surface area (Å²) in [5, 5.41) is 6.57. The average molecular weight is 291 g/mol. The fraction of sp³-hybridized carbons (Fsp3) is 0.400. The van der Waals surface area contributed by atoms with Gasteiger partial charge in [0, 0.05) is 24.0 Å². The number of nitrogens with one attached hydrogen (secondary N) is 1. The van der Waals surface area contributed by atoms with Gasteiger partial charge >= 0.3 is 0 Å². The Morgan fingerprint density at radius 2 is 2.25 bits per heavy atom. The molecule has 0 aliphatic rings. The highest BCUT2D eigenvalue weighted by Crippen LogP contribution is 2.29. The van der Waals surface area contributed by atoms with Gasteiger partial charge in [0.2, 0.25) is 0 Å². The van der Waals surface area contributed by atoms with Gasteiger partial charge in [-0.1, -0.05) is 13.0 Å². The van der Waals surface area contributed by atoms with Crippen molar-refractivity contribution in [3.05, 3.63) is 34.3 Å². The quantitative estimate of drug-likeness (QED) is 0.767. The van der Waals surface area contributed by atoms with Crippen molar-refractivity contribution >= 4 is 22.7 Å². The molecule has 0 saturated heterocycles. The summed E-state index contributed by atoms with van der Waals surface area (Å²) in [6.45, 7) is 5.59. The first kappa shape index (κ1) is 14.7. The van der Waals surface area contributed by atoms with Crippen LogP contribution < -0.4 is 15.8 Å². The zero-order valence-electron chi connectivity index (χ0n) is 12.0. The van der Waals surface area contributed by atoms with Crippen LogP contribution in [0.2, 0.25) is 0 Å². The van der Waals surface area contributed by atoms with Gasteiger partial charge in [0.25, 0.3) is 0 Å². The van der Waals surface area contributed by atoms with Crippen LogP contribution in [0, 0.1) is 6.92 Å². The number of benzene rings is 1. The zero-order valence-corrected chi connectivity index (χ0v) is 12.8. The molecule has 5 heteroatoms. The van der Waals surface area contributed by atoms with E-state index in [9.17, 15) is 0 Å². The van der Waals surface area contributed by atoms with E-state index in [-0.39, 0.29) is 0 Å². The molecule has 1 aromatic carbocycles. The van der Waals surface area contributed by atoms with Gasteiger partial charge in [-0.2, -0.15) is 0 Å². The summed E-state index contributed by atoms with van der Waals surface area (Å²) >= 11 is 1.70. The van der Waals surface area contributed by atoms with Gasteiger partial charge in [-0.25, -0.2) is 4.98 Å². The molecule has 0 atom stereocenters. The molecule has 0 unspecified atom stereocenters. The fourth-order valence-electron chi connectivity index (χ4n) is 1.86. The number of nitrogen functional groups attached to an aromatic ring is 1. The second kappa shape index (κ2) is 7.14. The Hall–Kier alpha value is -1.75. The van der Waals surface area contributed by atoms with E-state index in [4.69, 9.17) is 10.5 Å². The van der Waals surface area contributed by atoms with Crippen LogP contribution in [-0.2, 0) is 6.42 Å². The number of thiazole rings is 1. The number of nitrogens with two attached hydrogens (primary N) is 1. The molecule has 4 nitrogen and oxygen atoms in total. The molecule has 0 aliphatic carbocycles. The highest BCUT2D eigenvalue weighted by Gasteiger charge is 2.06. The van der Waals surface area contributed by atoms with Crippen LogP contribution in [0.15, 0.2) is 23.6 Å². The lowest BCUT2D eigenvalue weighted by molar-refractivity contribution is 0.319. The van der Waals surface area contributed by atoms with Crippen LogP contribution >= 0.6 is 11.3 Å². The Bertz CT molecular complexity index is 554. The third kappa shape index (κ3) is 3.87. The maximum absolute atomic E-state index is 6.11. The van der Waals surface area contributed by atoms with Crippen molar-refractivity contribution in [3.8, 4) is 5.75 Å². The molecule has 2 rings (SSSR count). The van der Waals surface area contributed by atoms with Crippen molar-refractivity contribution in [1.29, 1.82) is 0 Å². The average Bonchev–Trinajstić information content (AvgIpc) is 2.85. The number of anilines is 2. The SMILES string of the molecule is CCCOc1cccc(NCCc2nc(C)cs2)c1N. The minimum Gasteiger partial charge on any atom is -0.491 e. The fourth-order valence-corrected chi connectivity index (χ4v) is 2.63. The summed E-state index contributed by atoms with van der Waals surface area (Å²) in [5.74, 6) is 0.752. The van der Waals surface area contributed by atoms with Gasteiger partial charge < -0.3 is 15.8 Å². The normalized spacial score (nSPS) is 10.5. The molecular formula is C15H21N3OS. The van der Waals surface area contributed by atoms with Gasteiger partial charge in [0.15, 0.2) is 0 Å². The minimum atomic E-state index is 0.677. The second-order valence-electron chi connectivity index (χ2n) is 4.63. The number of para-hydroxylation sites is 1. The van der Waals surface area contributed by atoms with Gasteiger partial charge in [-0.15, -0.1) is 11.3 Å². The highest BCUT2D eigenvalue weighted by molar-refractivity contribution is 7.09. The Balaban J connectivity index is 1.92. The zero-order chi connectivity index (χ0) is 14.4. The van der Waals surface area contributed by atoms with Crippen molar-refractivity contribution < 1.29 is 4.74 Å². The lowest BCUT2D eigenvalue weighted by atomic mass is 10.2. The topological polar surface area (TPSA) is 60.2 Å². The number of ether oxygens (including phenoxy) is 1. The van der Waals surface area contributed by atoms with E-state index in [1.807, 2.05) is 25.1 Å². The van der Waals surface area contributed by atoms with E-state index in [0.29, 0.717) is 12.3 Å². The lowest BCUT2D eigenvalue weighted by Crippen LogP contribution is -2.08. The maximum atomic E-state index is 6.11. The predicted molar refractivity (Wildman–Crippen MR) is 85.7 cm³/mol. The molecule has 0 spiro atoms. The lowest BCUT2D eigenvalue weighted by Gasteiger charge is -2.13. The Morgan fingerprint density at radius 3 is 2.95 bits per heavy atom. The summed E-state index contributed by atoms with van der Waals surface area (Å²) in [6, 6.07) is 5.83. The number of aryl methyl sites for hydroxylation is 1. The Labute approximate surface area is 124 Å². The van der Waals surface area contributed by atoms with Crippen molar-refractivity contribution in [3.63, 3.8) is 0 Å². The van der Waals surface area contributed by atoms with E-state index in [1.54, 1.807) is 11.3 Å². The van der Waals surface area contributed by atoms with Crippen LogP contribution in [0.4, 0.5) is 11.4 Å². The van der Waals surface area contributed by atoms with E-state index in [2.05, 4.69) is 22.6 Å². The summed E-state index contributed by atoms with van der Waals surface area (Å²) < 4.78 is 5.62. The van der Waals surface area contributed by atoms with Crippen LogP contribution in [-0.4, -0.2) is 18.1 Å². The Kier molecular flexibility index (Phi) is 5.24. The summed E-state index contributed by atoms with van der Waals surface area (Å²) in [6.07, 6.45) is 1.87. The van der Waals surface area contributed by atoms with Crippen molar-refractivity contribution in [2.75, 3.05) is 24.2 Å². The molecule has 0 amide bonds. The molecule has 0 radical (unpaired) electrons. The number of hydrogen-bond acceptors (Lipinski definition) is 5. The van der Waals surface area contributed by atoms with Crippen LogP contribution in [0.25, 0.3) is 0 Å². The molecule has 20 heavy (non-hydrogen) atoms. The molecule has 0 saturated carbocycles. The molecule has 1 heterocycles. The summed E-state index contributed by atoms with van der Waals surface area (Å²) in [7, 11) is 0. The van der Waals surface area contributed by atoms with E-state index >= 15 is 0 Å². The molecule has 108 valence electrons. The van der Waals surface area contributed by atoms with Crippen LogP contribution in [0.3, 0.4) is 0 Å². The number of hydrogen-bond donors (Lipinski definition) is 2. The largest absolute Gasteiger partial charge is 0.491 e. The second-order valence-corrected chi connectivity index (χ2v) is 5.57. The monoisotopic (exact) mass is 291 g/mol. The predicted octanol–water partition coefficient (Wildman–Crippen LogP) is 3.48. The third-order valence-corrected chi connectivity index (χ3v) is 3.88. The first-order valence-corrected chi connectivity index (χ1v) is 7.75. The summed E-state index contributed by atoms with van der Waals surface area (Å²) in [5.41, 5.74) is 8.79. The molecule has 0 aliphatic heterocycles. The van der Waals surface area contributed by atoms with E-state index in [0.717, 1.165) is 41.5 Å². The van der Waals surface area contributed by atoms with Crippen molar-refractivity contribution in [2.24, 2.45) is 0 Å². The Morgan fingerprint density at radius 1 is 1.40 bits per heavy atom. The van der Waals surface area contributed by atoms with Gasteiger partial charge in [0.1, 0.15) is 5.75 Å². The molecule has 0 fully saturated rings. The number of rotatable bonds is 7. The van der Waals surface area contributed by atoms with Crippen molar-refractivity contribution in [1.82, 2.24) is 4.98 Å². The standard InChI is InChI=1S/C15H21N3OS/c1-3-9-19-13-6-4-5-12(15(13)16)17-8-7-14-18-11(2)10-20-14/h4-6,10,17H,3,7-9,16H2,1-2H3. The maximum Gasteiger partial charge on any atom is 0.144 e. The van der Waals surface area contributed by atoms with Crippen LogP contribution in [0.5, 0.6) is 5.75 Å². The van der Waals surface area contributed by atoms with E-state index in [1.165, 1.54) is 0 Å². The number of aromatic nitrogens is 1. The molecule has 3 N–H and O–H groups in total. The van der Waals surface area contributed by atoms with Crippen molar-refractivity contribution in [2.45, 2.75) is 26.7 Å². The van der Waals surface area contributed by atoms with Gasteiger partial charge in [-0.3, -0.25) is 0 Å². The molecule has 0 bridgehead atoms. The number of nitrogens with zero attached hydrogens (tertiary/aromatic N) is 1. The third-order valence-electron chi connectivity index (χ3n) is 2.85. The summed E-state index contributed by atoms with van der Waals surface area (Å²) in [4.78, 5) is 4.44. The molecule has 2 aromatic rings. The first-order valence-electron chi connectivity index (χ1n) is 6.87. The van der Waals surface area contributed by atoms with Gasteiger partial charge in [0.05, 0.1) is 23.0 Å². The van der Waals surface area contributed by atoms with Crippen LogP contribution in [0.1, 0.15) is 24.0 Å². The van der Waals surface area contributed by atoms with E-state index < -0.39 is 0 Å². The minimum absolute atomic E-state index is 0.677.